The average molecular weight is 351 g/mol. The molecule has 0 radical (unpaired) electrons. The second-order valence-corrected chi connectivity index (χ2v) is 7.13. The van der Waals surface area contributed by atoms with Gasteiger partial charge in [-0.1, -0.05) is 23.7 Å². The highest BCUT2D eigenvalue weighted by Gasteiger charge is 2.33. The molecular weight excluding hydrogens is 336 g/mol. The number of benzene rings is 1. The largest absolute Gasteiger partial charge is 0.465 e. The molecule has 0 fully saturated rings. The van der Waals surface area contributed by atoms with Crippen molar-refractivity contribution in [1.29, 1.82) is 0 Å². The van der Waals surface area contributed by atoms with E-state index in [1.807, 2.05) is 19.1 Å². The number of rotatable bonds is 3. The number of anilines is 1. The van der Waals surface area contributed by atoms with E-state index in [-0.39, 0.29) is 11.8 Å². The Kier molecular flexibility index (Phi) is 4.28. The number of aryl methyl sites for hydroxylation is 1. The molecule has 23 heavy (non-hydrogen) atoms. The van der Waals surface area contributed by atoms with Crippen LogP contribution in [0.25, 0.3) is 0 Å². The van der Waals surface area contributed by atoms with Gasteiger partial charge in [-0.3, -0.25) is 9.69 Å². The third-order valence-corrected chi connectivity index (χ3v) is 5.17. The Bertz CT molecular complexity index is 774. The second kappa shape index (κ2) is 6.22. The van der Waals surface area contributed by atoms with Gasteiger partial charge in [-0.2, -0.15) is 0 Å². The van der Waals surface area contributed by atoms with E-state index in [2.05, 4.69) is 5.32 Å². The van der Waals surface area contributed by atoms with E-state index >= 15 is 0 Å². The second-order valence-electron chi connectivity index (χ2n) is 5.41. The normalized spacial score (nSPS) is 16.3. The minimum absolute atomic E-state index is 0.0540. The maximum atomic E-state index is 12.1. The summed E-state index contributed by atoms with van der Waals surface area (Å²) in [6.45, 7) is 2.69. The minimum Gasteiger partial charge on any atom is -0.465 e. The molecule has 0 saturated heterocycles. The monoisotopic (exact) mass is 350 g/mol. The number of amides is 2. The molecule has 120 valence electrons. The summed E-state index contributed by atoms with van der Waals surface area (Å²) in [7, 11) is 0. The van der Waals surface area contributed by atoms with Crippen molar-refractivity contribution in [2.75, 3.05) is 18.0 Å². The first-order valence-electron chi connectivity index (χ1n) is 7.11. The van der Waals surface area contributed by atoms with Gasteiger partial charge < -0.3 is 10.4 Å². The Labute approximate surface area is 142 Å². The molecule has 3 rings (SSSR count). The molecule has 1 unspecified atom stereocenters. The first-order valence-corrected chi connectivity index (χ1v) is 8.30. The first-order chi connectivity index (χ1) is 11.0. The third kappa shape index (κ3) is 3.04. The number of halogens is 1. The van der Waals surface area contributed by atoms with Crippen molar-refractivity contribution in [3.05, 3.63) is 50.7 Å². The molecule has 2 heterocycles. The highest BCUT2D eigenvalue weighted by atomic mass is 35.5. The fraction of sp³-hybridized carbons (Fsp3) is 0.250. The van der Waals surface area contributed by atoms with Crippen LogP contribution in [-0.2, 0) is 0 Å². The number of nitrogens with zero attached hydrogens (tertiary/aromatic N) is 1. The van der Waals surface area contributed by atoms with E-state index in [1.54, 1.807) is 18.2 Å². The van der Waals surface area contributed by atoms with Crippen LogP contribution in [0.3, 0.4) is 0 Å². The molecule has 1 atom stereocenters. The van der Waals surface area contributed by atoms with Crippen LogP contribution in [-0.4, -0.2) is 30.2 Å². The third-order valence-electron chi connectivity index (χ3n) is 3.94. The van der Waals surface area contributed by atoms with Crippen LogP contribution in [0, 0.1) is 6.92 Å². The highest BCUT2D eigenvalue weighted by Crippen LogP contribution is 2.38. The summed E-state index contributed by atoms with van der Waals surface area (Å²) in [5.41, 5.74) is 2.72. The zero-order chi connectivity index (χ0) is 16.6. The summed E-state index contributed by atoms with van der Waals surface area (Å²) >= 11 is 7.06. The molecule has 0 bridgehead atoms. The molecule has 0 aliphatic carbocycles. The van der Waals surface area contributed by atoms with Crippen LogP contribution in [0.1, 0.15) is 26.7 Å². The van der Waals surface area contributed by atoms with Crippen molar-refractivity contribution in [2.45, 2.75) is 12.8 Å². The van der Waals surface area contributed by atoms with Gasteiger partial charge >= 0.3 is 6.09 Å². The maximum absolute atomic E-state index is 12.1. The number of fused-ring (bicyclic) bond motifs is 1. The van der Waals surface area contributed by atoms with Gasteiger partial charge in [0.2, 0.25) is 0 Å². The molecular formula is C16H15ClN2O3S. The standard InChI is InChI=1S/C16H15ClN2O3S/c1-9-3-2-4-11-14(9)10(8-19(11)16(21)22)7-18-15(20)12-5-6-13(17)23-12/h2-6,10H,7-8H2,1H3,(H,18,20)(H,21,22). The van der Waals surface area contributed by atoms with E-state index in [0.29, 0.717) is 28.0 Å². The molecule has 7 heteroatoms. The Balaban J connectivity index is 1.77. The number of carbonyl (C=O) groups excluding carboxylic acids is 1. The SMILES string of the molecule is Cc1cccc2c1C(CNC(=O)c1ccc(Cl)s1)CN2C(=O)O. The molecule has 1 aromatic carbocycles. The van der Waals surface area contributed by atoms with Gasteiger partial charge in [0.25, 0.3) is 5.91 Å². The van der Waals surface area contributed by atoms with Crippen molar-refractivity contribution in [3.63, 3.8) is 0 Å². The number of hydrogen-bond acceptors (Lipinski definition) is 3. The van der Waals surface area contributed by atoms with Crippen LogP contribution in [0.15, 0.2) is 30.3 Å². The van der Waals surface area contributed by atoms with E-state index in [9.17, 15) is 14.7 Å². The van der Waals surface area contributed by atoms with Crippen molar-refractivity contribution in [2.24, 2.45) is 0 Å². The average Bonchev–Trinajstić information content (AvgIpc) is 3.09. The van der Waals surface area contributed by atoms with E-state index in [4.69, 9.17) is 11.6 Å². The predicted octanol–water partition coefficient (Wildman–Crippen LogP) is 3.72. The first kappa shape index (κ1) is 15.8. The van der Waals surface area contributed by atoms with Crippen molar-refractivity contribution in [1.82, 2.24) is 5.32 Å². The lowest BCUT2D eigenvalue weighted by Gasteiger charge is -2.14. The number of carboxylic acid groups (broad SMARTS) is 1. The van der Waals surface area contributed by atoms with E-state index in [1.165, 1.54) is 16.2 Å². The fourth-order valence-corrected chi connectivity index (χ4v) is 3.89. The lowest BCUT2D eigenvalue weighted by atomic mass is 9.96. The zero-order valence-corrected chi connectivity index (χ0v) is 13.9. The molecule has 0 spiro atoms. The zero-order valence-electron chi connectivity index (χ0n) is 12.4. The Morgan fingerprint density at radius 2 is 2.17 bits per heavy atom. The van der Waals surface area contributed by atoms with Crippen molar-refractivity contribution in [3.8, 4) is 0 Å². The molecule has 1 aliphatic rings. The molecule has 2 aromatic rings. The highest BCUT2D eigenvalue weighted by molar-refractivity contribution is 7.17. The van der Waals surface area contributed by atoms with Gasteiger partial charge in [-0.15, -0.1) is 11.3 Å². The van der Waals surface area contributed by atoms with Crippen LogP contribution < -0.4 is 10.2 Å². The van der Waals surface area contributed by atoms with Gasteiger partial charge in [-0.05, 0) is 36.2 Å². The Hall–Kier alpha value is -2.05. The summed E-state index contributed by atoms with van der Waals surface area (Å²) in [5, 5.41) is 12.2. The van der Waals surface area contributed by atoms with E-state index in [0.717, 1.165) is 11.1 Å². The van der Waals surface area contributed by atoms with Crippen molar-refractivity contribution < 1.29 is 14.7 Å². The maximum Gasteiger partial charge on any atom is 0.411 e. The molecule has 2 N–H and O–H groups in total. The van der Waals surface area contributed by atoms with Gasteiger partial charge in [0.05, 0.1) is 14.9 Å². The van der Waals surface area contributed by atoms with Crippen LogP contribution in [0.5, 0.6) is 0 Å². The fourth-order valence-electron chi connectivity index (χ4n) is 2.93. The molecule has 0 saturated carbocycles. The van der Waals surface area contributed by atoms with Crippen molar-refractivity contribution >= 4 is 40.6 Å². The van der Waals surface area contributed by atoms with Gasteiger partial charge in [0.1, 0.15) is 0 Å². The topological polar surface area (TPSA) is 69.6 Å². The number of nitrogens with one attached hydrogen (secondary N) is 1. The quantitative estimate of drug-likeness (QED) is 0.886. The lowest BCUT2D eigenvalue weighted by molar-refractivity contribution is 0.0955. The van der Waals surface area contributed by atoms with Gasteiger partial charge in [0.15, 0.2) is 0 Å². The van der Waals surface area contributed by atoms with Gasteiger partial charge in [-0.25, -0.2) is 4.79 Å². The van der Waals surface area contributed by atoms with Crippen LogP contribution in [0.4, 0.5) is 10.5 Å². The lowest BCUT2D eigenvalue weighted by Crippen LogP contribution is -2.32. The van der Waals surface area contributed by atoms with Crippen LogP contribution in [0.2, 0.25) is 4.34 Å². The Morgan fingerprint density at radius 1 is 1.39 bits per heavy atom. The molecule has 1 aromatic heterocycles. The Morgan fingerprint density at radius 3 is 2.83 bits per heavy atom. The molecule has 2 amide bonds. The minimum atomic E-state index is -0.976. The van der Waals surface area contributed by atoms with Gasteiger partial charge in [0, 0.05) is 19.0 Å². The summed E-state index contributed by atoms with van der Waals surface area (Å²) in [6, 6.07) is 8.97. The summed E-state index contributed by atoms with van der Waals surface area (Å²) in [6.07, 6.45) is -0.976. The van der Waals surface area contributed by atoms with E-state index < -0.39 is 6.09 Å². The molecule has 5 nitrogen and oxygen atoms in total. The molecule has 1 aliphatic heterocycles. The smallest absolute Gasteiger partial charge is 0.411 e. The summed E-state index contributed by atoms with van der Waals surface area (Å²) in [5.74, 6) is -0.243. The number of carbonyl (C=O) groups is 2. The van der Waals surface area contributed by atoms with Crippen LogP contribution >= 0.6 is 22.9 Å². The summed E-state index contributed by atoms with van der Waals surface area (Å²) < 4.78 is 0.564. The number of thiophene rings is 1. The summed E-state index contributed by atoms with van der Waals surface area (Å²) in [4.78, 5) is 25.4. The number of hydrogen-bond donors (Lipinski definition) is 2. The predicted molar refractivity (Wildman–Crippen MR) is 91.0 cm³/mol.